The van der Waals surface area contributed by atoms with E-state index in [1.165, 1.54) is 24.0 Å². The number of aryl methyl sites for hydroxylation is 2. The lowest BCUT2D eigenvalue weighted by atomic mass is 10.1. The summed E-state index contributed by atoms with van der Waals surface area (Å²) in [5.74, 6) is -0.0567. The minimum Gasteiger partial charge on any atom is -0.321 e. The van der Waals surface area contributed by atoms with Gasteiger partial charge in [-0.15, -0.1) is 0 Å². The van der Waals surface area contributed by atoms with E-state index in [-0.39, 0.29) is 5.91 Å². The molecule has 0 aliphatic carbocycles. The fraction of sp³-hybridized carbons (Fsp3) is 0.278. The molecule has 0 bridgehead atoms. The molecule has 3 heteroatoms. The molecule has 0 spiro atoms. The third kappa shape index (κ3) is 4.56. The summed E-state index contributed by atoms with van der Waals surface area (Å²) < 4.78 is 1.06. The molecule has 2 aromatic carbocycles. The van der Waals surface area contributed by atoms with E-state index in [9.17, 15) is 4.79 Å². The van der Waals surface area contributed by atoms with Gasteiger partial charge in [0.1, 0.15) is 0 Å². The van der Waals surface area contributed by atoms with Gasteiger partial charge in [0.05, 0.1) is 5.69 Å². The van der Waals surface area contributed by atoms with Crippen LogP contribution in [-0.2, 0) is 6.42 Å². The zero-order chi connectivity index (χ0) is 15.2. The lowest BCUT2D eigenvalue weighted by Crippen LogP contribution is -2.12. The van der Waals surface area contributed by atoms with Gasteiger partial charge in [-0.3, -0.25) is 4.79 Å². The first-order chi connectivity index (χ1) is 10.1. The zero-order valence-corrected chi connectivity index (χ0v) is 14.6. The average molecular weight is 393 g/mol. The molecule has 0 fully saturated rings. The number of rotatable bonds is 5. The maximum atomic E-state index is 12.3. The fourth-order valence-corrected chi connectivity index (χ4v) is 2.93. The Morgan fingerprint density at radius 2 is 1.86 bits per heavy atom. The monoisotopic (exact) mass is 393 g/mol. The summed E-state index contributed by atoms with van der Waals surface area (Å²) in [7, 11) is 0. The SMILES string of the molecule is CCCCc1ccc(C(=O)Nc2ccc(C)cc2I)cc1. The quantitative estimate of drug-likeness (QED) is 0.696. The lowest BCUT2D eigenvalue weighted by molar-refractivity contribution is 0.102. The van der Waals surface area contributed by atoms with Gasteiger partial charge in [0.2, 0.25) is 0 Å². The molecule has 0 unspecified atom stereocenters. The predicted molar refractivity (Wildman–Crippen MR) is 96.9 cm³/mol. The van der Waals surface area contributed by atoms with Crippen molar-refractivity contribution in [1.29, 1.82) is 0 Å². The Labute approximate surface area is 140 Å². The highest BCUT2D eigenvalue weighted by Crippen LogP contribution is 2.20. The van der Waals surface area contributed by atoms with Crippen LogP contribution in [0.1, 0.15) is 41.3 Å². The van der Waals surface area contributed by atoms with Crippen LogP contribution in [0.4, 0.5) is 5.69 Å². The molecular weight excluding hydrogens is 373 g/mol. The smallest absolute Gasteiger partial charge is 0.255 e. The van der Waals surface area contributed by atoms with Crippen molar-refractivity contribution in [2.75, 3.05) is 5.32 Å². The third-order valence-corrected chi connectivity index (χ3v) is 4.30. The molecule has 0 radical (unpaired) electrons. The van der Waals surface area contributed by atoms with Crippen molar-refractivity contribution >= 4 is 34.2 Å². The topological polar surface area (TPSA) is 29.1 Å². The summed E-state index contributed by atoms with van der Waals surface area (Å²) in [6.45, 7) is 4.23. The van der Waals surface area contributed by atoms with Crippen LogP contribution in [0.5, 0.6) is 0 Å². The van der Waals surface area contributed by atoms with Crippen LogP contribution in [0.15, 0.2) is 42.5 Å². The Balaban J connectivity index is 2.06. The molecule has 2 rings (SSSR count). The Bertz CT molecular complexity index is 620. The lowest BCUT2D eigenvalue weighted by Gasteiger charge is -2.09. The molecule has 21 heavy (non-hydrogen) atoms. The van der Waals surface area contributed by atoms with Gasteiger partial charge < -0.3 is 5.32 Å². The minimum absolute atomic E-state index is 0.0567. The number of hydrogen-bond donors (Lipinski definition) is 1. The fourth-order valence-electron chi connectivity index (χ4n) is 2.12. The maximum absolute atomic E-state index is 12.3. The van der Waals surface area contributed by atoms with Crippen molar-refractivity contribution in [3.8, 4) is 0 Å². The highest BCUT2D eigenvalue weighted by atomic mass is 127. The molecule has 2 nitrogen and oxygen atoms in total. The van der Waals surface area contributed by atoms with Gasteiger partial charge in [-0.05, 0) is 77.7 Å². The van der Waals surface area contributed by atoms with Crippen LogP contribution in [0.25, 0.3) is 0 Å². The number of halogens is 1. The predicted octanol–water partition coefficient (Wildman–Crippen LogP) is 5.19. The number of anilines is 1. The molecule has 1 amide bonds. The molecule has 0 heterocycles. The number of amides is 1. The van der Waals surface area contributed by atoms with Gasteiger partial charge in [-0.1, -0.05) is 31.5 Å². The van der Waals surface area contributed by atoms with Crippen molar-refractivity contribution in [3.05, 3.63) is 62.7 Å². The number of nitrogens with one attached hydrogen (secondary N) is 1. The standard InChI is InChI=1S/C18H20INO/c1-3-4-5-14-7-9-15(10-8-14)18(21)20-17-11-6-13(2)12-16(17)19/h6-12H,3-5H2,1-2H3,(H,20,21). The summed E-state index contributed by atoms with van der Waals surface area (Å²) in [5.41, 5.74) is 4.05. The van der Waals surface area contributed by atoms with Crippen molar-refractivity contribution < 1.29 is 4.79 Å². The van der Waals surface area contributed by atoms with E-state index in [4.69, 9.17) is 0 Å². The molecule has 0 aromatic heterocycles. The second-order valence-electron chi connectivity index (χ2n) is 5.24. The summed E-state index contributed by atoms with van der Waals surface area (Å²) >= 11 is 2.24. The van der Waals surface area contributed by atoms with Crippen molar-refractivity contribution in [2.45, 2.75) is 33.1 Å². The average Bonchev–Trinajstić information content (AvgIpc) is 2.48. The van der Waals surface area contributed by atoms with Gasteiger partial charge in [-0.25, -0.2) is 0 Å². The van der Waals surface area contributed by atoms with Crippen molar-refractivity contribution in [1.82, 2.24) is 0 Å². The van der Waals surface area contributed by atoms with Gasteiger partial charge in [-0.2, -0.15) is 0 Å². The van der Waals surface area contributed by atoms with E-state index in [0.717, 1.165) is 15.7 Å². The van der Waals surface area contributed by atoms with Crippen LogP contribution >= 0.6 is 22.6 Å². The van der Waals surface area contributed by atoms with Crippen LogP contribution in [0.3, 0.4) is 0 Å². The molecule has 2 aromatic rings. The molecule has 0 saturated carbocycles. The first kappa shape index (κ1) is 16.0. The second kappa shape index (κ2) is 7.59. The number of carbonyl (C=O) groups is 1. The molecule has 1 N–H and O–H groups in total. The van der Waals surface area contributed by atoms with E-state index in [2.05, 4.69) is 40.9 Å². The van der Waals surface area contributed by atoms with E-state index in [1.54, 1.807) is 0 Å². The van der Waals surface area contributed by atoms with Crippen molar-refractivity contribution in [3.63, 3.8) is 0 Å². The Morgan fingerprint density at radius 1 is 1.14 bits per heavy atom. The van der Waals surface area contributed by atoms with Crippen LogP contribution in [-0.4, -0.2) is 5.91 Å². The Morgan fingerprint density at radius 3 is 2.48 bits per heavy atom. The Hall–Kier alpha value is -1.36. The second-order valence-corrected chi connectivity index (χ2v) is 6.40. The van der Waals surface area contributed by atoms with Gasteiger partial charge in [0.25, 0.3) is 5.91 Å². The van der Waals surface area contributed by atoms with E-state index in [1.807, 2.05) is 43.3 Å². The largest absolute Gasteiger partial charge is 0.321 e. The normalized spacial score (nSPS) is 10.4. The molecule has 0 saturated heterocycles. The van der Waals surface area contributed by atoms with Crippen LogP contribution in [0, 0.1) is 10.5 Å². The maximum Gasteiger partial charge on any atom is 0.255 e. The molecule has 110 valence electrons. The van der Waals surface area contributed by atoms with Crippen molar-refractivity contribution in [2.24, 2.45) is 0 Å². The van der Waals surface area contributed by atoms with Crippen LogP contribution in [0.2, 0.25) is 0 Å². The molecule has 0 atom stereocenters. The summed E-state index contributed by atoms with van der Waals surface area (Å²) in [5, 5.41) is 2.97. The summed E-state index contributed by atoms with van der Waals surface area (Å²) in [6, 6.07) is 13.9. The summed E-state index contributed by atoms with van der Waals surface area (Å²) in [4.78, 5) is 12.3. The number of unbranched alkanes of at least 4 members (excludes halogenated alkanes) is 1. The minimum atomic E-state index is -0.0567. The van der Waals surface area contributed by atoms with Gasteiger partial charge in [0, 0.05) is 9.13 Å². The van der Waals surface area contributed by atoms with E-state index in [0.29, 0.717) is 5.56 Å². The number of carbonyl (C=O) groups excluding carboxylic acids is 1. The van der Waals surface area contributed by atoms with Crippen LogP contribution < -0.4 is 5.32 Å². The number of hydrogen-bond acceptors (Lipinski definition) is 1. The molecule has 0 aliphatic heterocycles. The first-order valence-corrected chi connectivity index (χ1v) is 8.34. The number of benzene rings is 2. The van der Waals surface area contributed by atoms with Gasteiger partial charge in [0.15, 0.2) is 0 Å². The zero-order valence-electron chi connectivity index (χ0n) is 12.4. The summed E-state index contributed by atoms with van der Waals surface area (Å²) in [6.07, 6.45) is 3.45. The Kier molecular flexibility index (Phi) is 5.79. The van der Waals surface area contributed by atoms with Gasteiger partial charge >= 0.3 is 0 Å². The van der Waals surface area contributed by atoms with E-state index < -0.39 is 0 Å². The highest BCUT2D eigenvalue weighted by Gasteiger charge is 2.08. The molecular formula is C18H20INO. The first-order valence-electron chi connectivity index (χ1n) is 7.26. The highest BCUT2D eigenvalue weighted by molar-refractivity contribution is 14.1. The molecule has 0 aliphatic rings. The van der Waals surface area contributed by atoms with E-state index >= 15 is 0 Å². The third-order valence-electron chi connectivity index (χ3n) is 3.41.